The Bertz CT molecular complexity index is 1070. The van der Waals surface area contributed by atoms with E-state index in [1.165, 1.54) is 35.0 Å². The van der Waals surface area contributed by atoms with Crippen LogP contribution in [0.3, 0.4) is 0 Å². The van der Waals surface area contributed by atoms with Crippen LogP contribution in [-0.2, 0) is 19.6 Å². The van der Waals surface area contributed by atoms with Crippen molar-refractivity contribution in [2.75, 3.05) is 45.2 Å². The number of piperazine rings is 1. The van der Waals surface area contributed by atoms with Gasteiger partial charge in [0.15, 0.2) is 0 Å². The quantitative estimate of drug-likeness (QED) is 0.601. The third kappa shape index (κ3) is 5.80. The Morgan fingerprint density at radius 3 is 2.58 bits per heavy atom. The van der Waals surface area contributed by atoms with Crippen molar-refractivity contribution in [1.82, 2.24) is 9.21 Å². The first-order valence-electron chi connectivity index (χ1n) is 9.35. The monoisotopic (exact) mass is 489 g/mol. The van der Waals surface area contributed by atoms with Crippen molar-refractivity contribution in [2.45, 2.75) is 10.6 Å². The van der Waals surface area contributed by atoms with Crippen molar-refractivity contribution in [3.63, 3.8) is 0 Å². The van der Waals surface area contributed by atoms with Crippen molar-refractivity contribution in [2.24, 2.45) is 0 Å². The number of carbonyl (C=O) groups is 2. The van der Waals surface area contributed by atoms with Crippen LogP contribution >= 0.6 is 22.9 Å². The minimum absolute atomic E-state index is 0.0626. The maximum absolute atomic E-state index is 13.8. The second-order valence-electron chi connectivity index (χ2n) is 6.81. The molecule has 1 aromatic heterocycles. The molecule has 0 saturated carbocycles. The first-order valence-corrected chi connectivity index (χ1v) is 12.0. The van der Waals surface area contributed by atoms with Gasteiger partial charge in [-0.25, -0.2) is 17.6 Å². The zero-order valence-electron chi connectivity index (χ0n) is 16.6. The van der Waals surface area contributed by atoms with Gasteiger partial charge >= 0.3 is 5.97 Å². The number of sulfonamides is 1. The molecule has 8 nitrogen and oxygen atoms in total. The van der Waals surface area contributed by atoms with Crippen LogP contribution in [0.25, 0.3) is 0 Å². The number of halogens is 2. The summed E-state index contributed by atoms with van der Waals surface area (Å²) in [4.78, 5) is 25.6. The average Bonchev–Trinajstić information content (AvgIpc) is 3.25. The molecule has 1 saturated heterocycles. The fourth-order valence-electron chi connectivity index (χ4n) is 3.06. The molecule has 31 heavy (non-hydrogen) atoms. The Morgan fingerprint density at radius 2 is 1.94 bits per heavy atom. The van der Waals surface area contributed by atoms with E-state index in [2.05, 4.69) is 10.1 Å². The normalized spacial score (nSPS) is 15.6. The first-order chi connectivity index (χ1) is 14.7. The molecule has 3 rings (SSSR count). The van der Waals surface area contributed by atoms with Crippen LogP contribution in [0.5, 0.6) is 0 Å². The summed E-state index contributed by atoms with van der Waals surface area (Å²) in [5, 5.41) is 4.20. The number of esters is 1. The van der Waals surface area contributed by atoms with E-state index < -0.39 is 21.8 Å². The number of carbonyl (C=O) groups excluding carboxylic acids is 2. The molecule has 1 N–H and O–H groups in total. The number of nitrogens with one attached hydrogen (secondary N) is 1. The molecule has 0 radical (unpaired) electrons. The Kier molecular flexibility index (Phi) is 7.65. The van der Waals surface area contributed by atoms with Crippen LogP contribution in [0.2, 0.25) is 5.02 Å². The van der Waals surface area contributed by atoms with Gasteiger partial charge in [-0.3, -0.25) is 4.79 Å². The highest BCUT2D eigenvalue weighted by molar-refractivity contribution is 7.91. The number of anilines is 1. The van der Waals surface area contributed by atoms with Gasteiger partial charge in [-0.1, -0.05) is 11.6 Å². The standard InChI is InChI=1S/C19H21ClFN3O5S2/c1-29-19(26)13-10-18(30-12-13)31(27,28)24-8-6-23(7-9-24)5-4-17(25)22-16-3-2-14(20)11-15(16)21/h2-3,10-12H,4-9H2,1H3,(H,22,25). The van der Waals surface area contributed by atoms with E-state index >= 15 is 0 Å². The third-order valence-corrected chi connectivity index (χ3v) is 8.33. The maximum Gasteiger partial charge on any atom is 0.338 e. The van der Waals surface area contributed by atoms with Gasteiger partial charge in [-0.15, -0.1) is 11.3 Å². The highest BCUT2D eigenvalue weighted by Crippen LogP contribution is 2.25. The van der Waals surface area contributed by atoms with Gasteiger partial charge in [0, 0.05) is 49.5 Å². The van der Waals surface area contributed by atoms with Gasteiger partial charge in [-0.05, 0) is 24.3 Å². The Balaban J connectivity index is 1.49. The summed E-state index contributed by atoms with van der Waals surface area (Å²) >= 11 is 6.67. The highest BCUT2D eigenvalue weighted by atomic mass is 35.5. The van der Waals surface area contributed by atoms with Crippen molar-refractivity contribution in [3.8, 4) is 0 Å². The molecule has 0 aliphatic carbocycles. The average molecular weight is 490 g/mol. The molecule has 168 valence electrons. The van der Waals surface area contributed by atoms with Gasteiger partial charge in [0.25, 0.3) is 10.0 Å². The molecule has 2 heterocycles. The van der Waals surface area contributed by atoms with E-state index in [0.29, 0.717) is 19.6 Å². The summed E-state index contributed by atoms with van der Waals surface area (Å²) in [7, 11) is -2.47. The predicted molar refractivity (Wildman–Crippen MR) is 116 cm³/mol. The molecule has 0 spiro atoms. The van der Waals surface area contributed by atoms with Gasteiger partial charge in [-0.2, -0.15) is 4.31 Å². The Hall–Kier alpha value is -2.05. The van der Waals surface area contributed by atoms with Gasteiger partial charge in [0.1, 0.15) is 10.0 Å². The molecular weight excluding hydrogens is 469 g/mol. The Morgan fingerprint density at radius 1 is 1.23 bits per heavy atom. The van der Waals surface area contributed by atoms with E-state index in [4.69, 9.17) is 11.6 Å². The summed E-state index contributed by atoms with van der Waals surface area (Å²) in [5.74, 6) is -1.53. The summed E-state index contributed by atoms with van der Waals surface area (Å²) < 4.78 is 45.4. The van der Waals surface area contributed by atoms with Gasteiger partial charge in [0.05, 0.1) is 18.4 Å². The second kappa shape index (κ2) is 10.0. The molecule has 1 aromatic carbocycles. The van der Waals surface area contributed by atoms with Crippen LogP contribution in [0.1, 0.15) is 16.8 Å². The number of hydrogen-bond donors (Lipinski definition) is 1. The SMILES string of the molecule is COC(=O)c1csc(S(=O)(=O)N2CCN(CCC(=O)Nc3ccc(Cl)cc3F)CC2)c1. The molecule has 1 fully saturated rings. The van der Waals surface area contributed by atoms with E-state index in [1.54, 1.807) is 0 Å². The number of hydrogen-bond acceptors (Lipinski definition) is 7. The number of methoxy groups -OCH3 is 1. The van der Waals surface area contributed by atoms with Crippen LogP contribution in [-0.4, -0.2) is 69.3 Å². The number of amides is 1. The summed E-state index contributed by atoms with van der Waals surface area (Å²) in [6, 6.07) is 5.33. The summed E-state index contributed by atoms with van der Waals surface area (Å²) in [5.41, 5.74) is 0.264. The van der Waals surface area contributed by atoms with E-state index in [9.17, 15) is 22.4 Å². The largest absolute Gasteiger partial charge is 0.465 e. The van der Waals surface area contributed by atoms with Crippen LogP contribution in [0, 0.1) is 5.82 Å². The zero-order chi connectivity index (χ0) is 22.6. The molecular formula is C19H21ClFN3O5S2. The van der Waals surface area contributed by atoms with E-state index in [0.717, 1.165) is 17.4 Å². The lowest BCUT2D eigenvalue weighted by molar-refractivity contribution is -0.116. The minimum Gasteiger partial charge on any atom is -0.465 e. The summed E-state index contributed by atoms with van der Waals surface area (Å²) in [6.07, 6.45) is 0.141. The topological polar surface area (TPSA) is 96.0 Å². The molecule has 1 aliphatic rings. The smallest absolute Gasteiger partial charge is 0.338 e. The first kappa shape index (κ1) is 23.6. The number of rotatable bonds is 7. The lowest BCUT2D eigenvalue weighted by Gasteiger charge is -2.33. The zero-order valence-corrected chi connectivity index (χ0v) is 19.0. The lowest BCUT2D eigenvalue weighted by Crippen LogP contribution is -2.48. The number of thiophene rings is 1. The number of ether oxygens (including phenoxy) is 1. The molecule has 1 amide bonds. The van der Waals surface area contributed by atoms with Crippen molar-refractivity contribution in [1.29, 1.82) is 0 Å². The molecule has 1 aliphatic heterocycles. The third-order valence-electron chi connectivity index (χ3n) is 4.78. The van der Waals surface area contributed by atoms with E-state index in [-0.39, 0.29) is 45.9 Å². The second-order valence-corrected chi connectivity index (χ2v) is 10.3. The van der Waals surface area contributed by atoms with Gasteiger partial charge < -0.3 is 15.0 Å². The van der Waals surface area contributed by atoms with Crippen LogP contribution < -0.4 is 5.32 Å². The maximum atomic E-state index is 13.8. The molecule has 0 unspecified atom stereocenters. The Labute approximate surface area is 188 Å². The minimum atomic E-state index is -3.70. The van der Waals surface area contributed by atoms with Crippen molar-refractivity contribution < 1.29 is 27.1 Å². The number of nitrogens with zero attached hydrogens (tertiary/aromatic N) is 2. The predicted octanol–water partition coefficient (Wildman–Crippen LogP) is 2.66. The molecule has 0 atom stereocenters. The van der Waals surface area contributed by atoms with Crippen molar-refractivity contribution in [3.05, 3.63) is 46.0 Å². The van der Waals surface area contributed by atoms with Crippen molar-refractivity contribution >= 4 is 50.5 Å². The lowest BCUT2D eigenvalue weighted by atomic mass is 10.2. The fraction of sp³-hybridized carbons (Fsp3) is 0.368. The van der Waals surface area contributed by atoms with Crippen LogP contribution in [0.15, 0.2) is 33.9 Å². The highest BCUT2D eigenvalue weighted by Gasteiger charge is 2.30. The molecule has 0 bridgehead atoms. The fourth-order valence-corrected chi connectivity index (χ4v) is 5.94. The molecule has 12 heteroatoms. The number of benzene rings is 1. The summed E-state index contributed by atoms with van der Waals surface area (Å²) in [6.45, 7) is 1.86. The van der Waals surface area contributed by atoms with Gasteiger partial charge in [0.2, 0.25) is 5.91 Å². The molecule has 2 aromatic rings. The van der Waals surface area contributed by atoms with E-state index in [1.807, 2.05) is 4.90 Å². The van der Waals surface area contributed by atoms with Crippen LogP contribution in [0.4, 0.5) is 10.1 Å².